The van der Waals surface area contributed by atoms with Gasteiger partial charge >= 0.3 is 0 Å². The number of amides is 2. The number of rotatable bonds is 5. The van der Waals surface area contributed by atoms with Crippen LogP contribution in [0.4, 0.5) is 0 Å². The molecule has 1 aromatic carbocycles. The summed E-state index contributed by atoms with van der Waals surface area (Å²) in [6, 6.07) is 9.25. The summed E-state index contributed by atoms with van der Waals surface area (Å²) in [5, 5.41) is 6.07. The van der Waals surface area contributed by atoms with Gasteiger partial charge in [0, 0.05) is 55.9 Å². The Labute approximate surface area is 188 Å². The number of ether oxygens (including phenoxy) is 1. The molecule has 1 saturated heterocycles. The number of piperidine rings is 1. The van der Waals surface area contributed by atoms with E-state index in [0.29, 0.717) is 24.3 Å². The quantitative estimate of drug-likeness (QED) is 0.756. The third-order valence-electron chi connectivity index (χ3n) is 6.27. The number of hydrogen-bond donors (Lipinski definition) is 2. The third kappa shape index (κ3) is 4.12. The summed E-state index contributed by atoms with van der Waals surface area (Å²) in [7, 11) is 1.62. The molecule has 2 N–H and O–H groups in total. The first-order valence-corrected chi connectivity index (χ1v) is 11.2. The maximum Gasteiger partial charge on any atom is 0.272 e. The minimum Gasteiger partial charge on any atom is -0.482 e. The molecule has 0 saturated carbocycles. The topological polar surface area (TPSA) is 83.6 Å². The van der Waals surface area contributed by atoms with Crippen molar-refractivity contribution in [2.45, 2.75) is 32.3 Å². The molecule has 2 aromatic rings. The van der Waals surface area contributed by atoms with Gasteiger partial charge in [-0.1, -0.05) is 6.07 Å². The lowest BCUT2D eigenvalue weighted by Gasteiger charge is -2.40. The molecular formula is C25H30N4O3. The molecule has 0 radical (unpaired) electrons. The van der Waals surface area contributed by atoms with Crippen LogP contribution in [-0.4, -0.2) is 60.5 Å². The molecule has 0 atom stereocenters. The Morgan fingerprint density at radius 2 is 1.91 bits per heavy atom. The Balaban J connectivity index is 1.76. The molecule has 168 valence electrons. The third-order valence-corrected chi connectivity index (χ3v) is 6.27. The van der Waals surface area contributed by atoms with Gasteiger partial charge in [0.1, 0.15) is 17.0 Å². The average Bonchev–Trinajstić information content (AvgIpc) is 2.84. The number of benzene rings is 1. The number of aromatic nitrogens is 1. The second kappa shape index (κ2) is 9.12. The summed E-state index contributed by atoms with van der Waals surface area (Å²) in [5.74, 6) is 0.549. The van der Waals surface area contributed by atoms with Gasteiger partial charge in [-0.2, -0.15) is 0 Å². The number of pyridine rings is 1. The molecule has 2 amide bonds. The summed E-state index contributed by atoms with van der Waals surface area (Å²) in [6.45, 7) is 6.97. The zero-order valence-corrected chi connectivity index (χ0v) is 18.9. The molecule has 7 heteroatoms. The summed E-state index contributed by atoms with van der Waals surface area (Å²) in [6.07, 6.45) is 5.64. The van der Waals surface area contributed by atoms with Crippen molar-refractivity contribution >= 4 is 17.4 Å². The van der Waals surface area contributed by atoms with Gasteiger partial charge in [-0.25, -0.2) is 0 Å². The van der Waals surface area contributed by atoms with E-state index in [0.717, 1.165) is 48.4 Å². The molecule has 0 bridgehead atoms. The van der Waals surface area contributed by atoms with Crippen LogP contribution in [0.2, 0.25) is 0 Å². The molecule has 1 spiro atoms. The van der Waals surface area contributed by atoms with E-state index in [4.69, 9.17) is 4.74 Å². The Kier molecular flexibility index (Phi) is 6.28. The van der Waals surface area contributed by atoms with E-state index in [1.807, 2.05) is 32.0 Å². The highest BCUT2D eigenvalue weighted by Gasteiger charge is 2.37. The lowest BCUT2D eigenvalue weighted by Crippen LogP contribution is -2.46. The fourth-order valence-electron chi connectivity index (χ4n) is 4.39. The zero-order valence-electron chi connectivity index (χ0n) is 18.9. The highest BCUT2D eigenvalue weighted by atomic mass is 16.5. The molecule has 2 aliphatic rings. The Bertz CT molecular complexity index is 1040. The van der Waals surface area contributed by atoms with E-state index in [-0.39, 0.29) is 11.8 Å². The van der Waals surface area contributed by atoms with Crippen LogP contribution >= 0.6 is 0 Å². The van der Waals surface area contributed by atoms with Crippen molar-refractivity contribution < 1.29 is 14.3 Å². The van der Waals surface area contributed by atoms with Gasteiger partial charge in [-0.3, -0.25) is 14.6 Å². The van der Waals surface area contributed by atoms with Crippen LogP contribution in [0.5, 0.6) is 5.75 Å². The number of nitrogens with one attached hydrogen (secondary N) is 2. The van der Waals surface area contributed by atoms with Gasteiger partial charge in [-0.15, -0.1) is 0 Å². The van der Waals surface area contributed by atoms with E-state index in [1.165, 1.54) is 0 Å². The van der Waals surface area contributed by atoms with Crippen molar-refractivity contribution in [3.63, 3.8) is 0 Å². The molecule has 2 aliphatic heterocycles. The Morgan fingerprint density at radius 3 is 2.53 bits per heavy atom. The first kappa shape index (κ1) is 22.0. The minimum absolute atomic E-state index is 0.0698. The summed E-state index contributed by atoms with van der Waals surface area (Å²) in [5.41, 5.74) is 3.35. The molecule has 0 unspecified atom stereocenters. The lowest BCUT2D eigenvalue weighted by atomic mass is 9.83. The lowest BCUT2D eigenvalue weighted by molar-refractivity contribution is 0.0766. The highest BCUT2D eigenvalue weighted by Crippen LogP contribution is 2.42. The minimum atomic E-state index is -0.391. The van der Waals surface area contributed by atoms with E-state index < -0.39 is 5.60 Å². The van der Waals surface area contributed by atoms with Crippen LogP contribution in [-0.2, 0) is 0 Å². The van der Waals surface area contributed by atoms with Crippen molar-refractivity contribution in [1.82, 2.24) is 20.5 Å². The van der Waals surface area contributed by atoms with E-state index in [1.54, 1.807) is 30.3 Å². The monoisotopic (exact) mass is 434 g/mol. The van der Waals surface area contributed by atoms with Crippen molar-refractivity contribution in [1.29, 1.82) is 0 Å². The normalized spacial score (nSPS) is 16.5. The van der Waals surface area contributed by atoms with Crippen molar-refractivity contribution in [2.24, 2.45) is 0 Å². The van der Waals surface area contributed by atoms with E-state index in [2.05, 4.69) is 21.7 Å². The van der Waals surface area contributed by atoms with Crippen LogP contribution < -0.4 is 15.4 Å². The van der Waals surface area contributed by atoms with E-state index in [9.17, 15) is 9.59 Å². The van der Waals surface area contributed by atoms with Gasteiger partial charge in [0.25, 0.3) is 11.8 Å². The van der Waals surface area contributed by atoms with Gasteiger partial charge in [-0.05, 0) is 62.9 Å². The summed E-state index contributed by atoms with van der Waals surface area (Å²) in [4.78, 5) is 31.1. The predicted octanol–water partition coefficient (Wildman–Crippen LogP) is 2.87. The fourth-order valence-corrected chi connectivity index (χ4v) is 4.39. The molecule has 32 heavy (non-hydrogen) atoms. The number of hydrogen-bond acceptors (Lipinski definition) is 5. The van der Waals surface area contributed by atoms with Crippen molar-refractivity contribution in [3.8, 4) is 5.75 Å². The molecular weight excluding hydrogens is 404 g/mol. The molecule has 1 aromatic heterocycles. The Hall–Kier alpha value is -3.19. The maximum atomic E-state index is 12.7. The van der Waals surface area contributed by atoms with Crippen LogP contribution in [0.15, 0.2) is 42.6 Å². The summed E-state index contributed by atoms with van der Waals surface area (Å²) >= 11 is 0. The van der Waals surface area contributed by atoms with Crippen molar-refractivity contribution in [3.05, 3.63) is 65.0 Å². The second-order valence-corrected chi connectivity index (χ2v) is 8.17. The van der Waals surface area contributed by atoms with E-state index >= 15 is 0 Å². The summed E-state index contributed by atoms with van der Waals surface area (Å²) < 4.78 is 6.47. The largest absolute Gasteiger partial charge is 0.482 e. The molecule has 7 nitrogen and oxygen atoms in total. The number of carbonyl (C=O) groups excluding carboxylic acids is 2. The zero-order chi connectivity index (χ0) is 22.7. The van der Waals surface area contributed by atoms with Gasteiger partial charge < -0.3 is 20.3 Å². The van der Waals surface area contributed by atoms with Crippen LogP contribution in [0, 0.1) is 0 Å². The Morgan fingerprint density at radius 1 is 1.16 bits per heavy atom. The first-order chi connectivity index (χ1) is 15.5. The SMILES string of the molecule is CCN(CC)C(=O)c1ccc(C2=CC3(CCNCC3)Oc3ccc(C(=O)NC)cc32)cn1. The van der Waals surface area contributed by atoms with Crippen LogP contribution in [0.3, 0.4) is 0 Å². The number of fused-ring (bicyclic) bond motifs is 1. The highest BCUT2D eigenvalue weighted by molar-refractivity contribution is 5.97. The molecule has 4 rings (SSSR count). The number of carbonyl (C=O) groups is 2. The molecule has 0 aliphatic carbocycles. The molecule has 1 fully saturated rings. The second-order valence-electron chi connectivity index (χ2n) is 8.17. The van der Waals surface area contributed by atoms with Gasteiger partial charge in [0.2, 0.25) is 0 Å². The first-order valence-electron chi connectivity index (χ1n) is 11.2. The molecule has 3 heterocycles. The van der Waals surface area contributed by atoms with Gasteiger partial charge in [0.15, 0.2) is 0 Å². The maximum absolute atomic E-state index is 12.7. The number of nitrogens with zero attached hydrogens (tertiary/aromatic N) is 2. The predicted molar refractivity (Wildman–Crippen MR) is 124 cm³/mol. The fraction of sp³-hybridized carbons (Fsp3) is 0.400. The smallest absolute Gasteiger partial charge is 0.272 e. The van der Waals surface area contributed by atoms with Crippen LogP contribution in [0.25, 0.3) is 5.57 Å². The average molecular weight is 435 g/mol. The van der Waals surface area contributed by atoms with Crippen molar-refractivity contribution in [2.75, 3.05) is 33.2 Å². The standard InChI is InChI=1S/C25H30N4O3/c1-4-29(5-2)24(31)21-8-6-18(16-28-21)20-15-25(10-12-27-13-11-25)32-22-9-7-17(14-19(20)22)23(30)26-3/h6-9,14-16,27H,4-5,10-13H2,1-3H3,(H,26,30). The van der Waals surface area contributed by atoms with Gasteiger partial charge in [0.05, 0.1) is 0 Å². The van der Waals surface area contributed by atoms with Crippen LogP contribution in [0.1, 0.15) is 58.7 Å².